The zero-order chi connectivity index (χ0) is 50.5. The minimum atomic E-state index is -4.28. The van der Waals surface area contributed by atoms with E-state index in [1.807, 2.05) is 21.1 Å². The maximum Gasteiger partial charge on any atom is 0.472 e. The molecule has 0 aromatic rings. The predicted octanol–water partition coefficient (Wildman–Crippen LogP) is 19.1. The van der Waals surface area contributed by atoms with Gasteiger partial charge in [-0.2, -0.15) is 0 Å². The maximum absolute atomic E-state index is 12.8. The van der Waals surface area contributed by atoms with Gasteiger partial charge in [0.15, 0.2) is 0 Å². The molecule has 8 nitrogen and oxygen atoms in total. The van der Waals surface area contributed by atoms with Crippen LogP contribution in [0.3, 0.4) is 0 Å². The summed E-state index contributed by atoms with van der Waals surface area (Å²) in [5, 5.41) is 0. The van der Waals surface area contributed by atoms with Crippen molar-refractivity contribution in [2.45, 2.75) is 302 Å². The van der Waals surface area contributed by atoms with E-state index in [2.05, 4.69) is 38.2 Å². The topological polar surface area (TPSA) is 91.3 Å². The number of phosphoric acid groups is 1. The first-order valence-corrected chi connectivity index (χ1v) is 31.6. The Labute approximate surface area is 430 Å². The fraction of sp³-hybridized carbons (Fsp3) is 0.917. The van der Waals surface area contributed by atoms with E-state index < -0.39 is 13.9 Å². The lowest BCUT2D eigenvalue weighted by atomic mass is 10.0. The predicted molar refractivity (Wildman–Crippen MR) is 298 cm³/mol. The van der Waals surface area contributed by atoms with Gasteiger partial charge in [-0.15, -0.1) is 0 Å². The average molecular weight is 998 g/mol. The molecule has 0 aromatic carbocycles. The zero-order valence-corrected chi connectivity index (χ0v) is 47.7. The number of ether oxygens (including phenoxy) is 2. The van der Waals surface area contributed by atoms with Crippen molar-refractivity contribution in [2.75, 3.05) is 54.1 Å². The molecule has 0 rings (SSSR count). The molecule has 0 aliphatic heterocycles. The van der Waals surface area contributed by atoms with Gasteiger partial charge in [0.1, 0.15) is 19.3 Å². The fourth-order valence-electron chi connectivity index (χ4n) is 8.88. The van der Waals surface area contributed by atoms with Crippen LogP contribution in [0.25, 0.3) is 0 Å². The van der Waals surface area contributed by atoms with Gasteiger partial charge >= 0.3 is 13.8 Å². The van der Waals surface area contributed by atoms with Crippen LogP contribution < -0.4 is 0 Å². The standard InChI is InChI=1S/C60H118NO7P/c1-6-8-10-12-14-16-18-20-22-24-26-28-30-32-34-36-38-40-42-44-46-48-50-52-55-65-57-59(58-67-69(63,64)66-56-54-61(3,4)5)68-60(62)53-51-49-47-45-43-41-39-37-35-33-31-29-27-25-23-21-19-17-15-13-11-9-7-2/h18,20,24,26,59H,6-17,19,21-23,25,27-58H2,1-5H3/p+1/b20-18-,26-24-. The molecule has 69 heavy (non-hydrogen) atoms. The average Bonchev–Trinajstić information content (AvgIpc) is 3.31. The third-order valence-corrected chi connectivity index (χ3v) is 14.5. The third-order valence-electron chi connectivity index (χ3n) is 13.5. The van der Waals surface area contributed by atoms with Crippen molar-refractivity contribution in [3.05, 3.63) is 24.3 Å². The summed E-state index contributed by atoms with van der Waals surface area (Å²) in [6, 6.07) is 0. The van der Waals surface area contributed by atoms with E-state index >= 15 is 0 Å². The molecule has 2 atom stereocenters. The monoisotopic (exact) mass is 997 g/mol. The lowest BCUT2D eigenvalue weighted by Crippen LogP contribution is -2.37. The highest BCUT2D eigenvalue weighted by atomic mass is 31.2. The highest BCUT2D eigenvalue weighted by Gasteiger charge is 2.26. The van der Waals surface area contributed by atoms with E-state index in [1.165, 1.54) is 238 Å². The molecule has 0 saturated carbocycles. The van der Waals surface area contributed by atoms with Crippen LogP contribution in [0.15, 0.2) is 24.3 Å². The summed E-state index contributed by atoms with van der Waals surface area (Å²) in [6.45, 7) is 5.68. The summed E-state index contributed by atoms with van der Waals surface area (Å²) in [7, 11) is 1.68. The second kappa shape index (κ2) is 53.3. The molecule has 0 aromatic heterocycles. The highest BCUT2D eigenvalue weighted by Crippen LogP contribution is 2.43. The molecule has 0 aliphatic carbocycles. The van der Waals surface area contributed by atoms with Gasteiger partial charge in [-0.1, -0.05) is 269 Å². The lowest BCUT2D eigenvalue weighted by Gasteiger charge is -2.24. The fourth-order valence-corrected chi connectivity index (χ4v) is 9.62. The molecular formula is C60H119NO7P+. The van der Waals surface area contributed by atoms with Crippen molar-refractivity contribution in [3.8, 4) is 0 Å². The maximum atomic E-state index is 12.8. The number of hydrogen-bond acceptors (Lipinski definition) is 6. The molecule has 2 unspecified atom stereocenters. The van der Waals surface area contributed by atoms with Crippen molar-refractivity contribution in [1.29, 1.82) is 0 Å². The summed E-state index contributed by atoms with van der Waals surface area (Å²) in [5.41, 5.74) is 0. The van der Waals surface area contributed by atoms with Gasteiger partial charge in [0, 0.05) is 13.0 Å². The molecule has 0 amide bonds. The van der Waals surface area contributed by atoms with Crippen molar-refractivity contribution in [1.82, 2.24) is 0 Å². The summed E-state index contributed by atoms with van der Waals surface area (Å²) < 4.78 is 35.3. The van der Waals surface area contributed by atoms with Gasteiger partial charge in [-0.05, 0) is 44.9 Å². The number of likely N-dealkylation sites (N-methyl/N-ethyl adjacent to an activating group) is 1. The molecule has 0 spiro atoms. The van der Waals surface area contributed by atoms with Crippen LogP contribution in [0.1, 0.15) is 296 Å². The first-order valence-electron chi connectivity index (χ1n) is 30.1. The number of hydrogen-bond donors (Lipinski definition) is 1. The first-order chi connectivity index (χ1) is 33.6. The molecule has 0 bridgehead atoms. The van der Waals surface area contributed by atoms with Gasteiger partial charge in [0.05, 0.1) is 34.4 Å². The van der Waals surface area contributed by atoms with Crippen LogP contribution in [-0.2, 0) is 27.9 Å². The number of quaternary nitrogens is 1. The van der Waals surface area contributed by atoms with Crippen LogP contribution in [0.5, 0.6) is 0 Å². The van der Waals surface area contributed by atoms with Crippen LogP contribution in [0.4, 0.5) is 0 Å². The molecule has 410 valence electrons. The van der Waals surface area contributed by atoms with Crippen molar-refractivity contribution in [3.63, 3.8) is 0 Å². The van der Waals surface area contributed by atoms with E-state index in [1.54, 1.807) is 0 Å². The quantitative estimate of drug-likeness (QED) is 0.0213. The van der Waals surface area contributed by atoms with Crippen molar-refractivity contribution >= 4 is 13.8 Å². The number of rotatable bonds is 57. The Morgan fingerprint density at radius 2 is 0.797 bits per heavy atom. The molecular weight excluding hydrogens is 878 g/mol. The van der Waals surface area contributed by atoms with Gasteiger partial charge < -0.3 is 18.9 Å². The second-order valence-corrected chi connectivity index (χ2v) is 23.2. The van der Waals surface area contributed by atoms with Crippen molar-refractivity contribution < 1.29 is 37.3 Å². The zero-order valence-electron chi connectivity index (χ0n) is 46.8. The molecule has 9 heteroatoms. The number of esters is 1. The van der Waals surface area contributed by atoms with E-state index in [0.29, 0.717) is 24.1 Å². The van der Waals surface area contributed by atoms with Gasteiger partial charge in [-0.3, -0.25) is 13.8 Å². The molecule has 0 fully saturated rings. The Morgan fingerprint density at radius 1 is 0.449 bits per heavy atom. The summed E-state index contributed by atoms with van der Waals surface area (Å²) in [4.78, 5) is 23.1. The molecule has 0 saturated heterocycles. The number of carbonyl (C=O) groups excluding carboxylic acids is 1. The highest BCUT2D eigenvalue weighted by molar-refractivity contribution is 7.47. The van der Waals surface area contributed by atoms with Crippen LogP contribution >= 0.6 is 7.82 Å². The molecule has 0 aliphatic rings. The van der Waals surface area contributed by atoms with Gasteiger partial charge in [0.2, 0.25) is 0 Å². The summed E-state index contributed by atoms with van der Waals surface area (Å²) in [6.07, 6.45) is 65.3. The van der Waals surface area contributed by atoms with Crippen LogP contribution in [-0.4, -0.2) is 75.6 Å². The molecule has 0 radical (unpaired) electrons. The van der Waals surface area contributed by atoms with Gasteiger partial charge in [-0.25, -0.2) is 4.57 Å². The minimum Gasteiger partial charge on any atom is -0.457 e. The van der Waals surface area contributed by atoms with Crippen LogP contribution in [0, 0.1) is 0 Å². The number of allylic oxidation sites excluding steroid dienone is 4. The van der Waals surface area contributed by atoms with E-state index in [-0.39, 0.29) is 25.8 Å². The largest absolute Gasteiger partial charge is 0.472 e. The van der Waals surface area contributed by atoms with Gasteiger partial charge in [0.25, 0.3) is 0 Å². The number of phosphoric ester groups is 1. The Hall–Kier alpha value is -1.02. The Balaban J connectivity index is 4.02. The van der Waals surface area contributed by atoms with E-state index in [0.717, 1.165) is 38.5 Å². The normalized spacial score (nSPS) is 13.5. The second-order valence-electron chi connectivity index (χ2n) is 21.7. The van der Waals surface area contributed by atoms with Crippen LogP contribution in [0.2, 0.25) is 0 Å². The Morgan fingerprint density at radius 3 is 1.17 bits per heavy atom. The smallest absolute Gasteiger partial charge is 0.457 e. The van der Waals surface area contributed by atoms with E-state index in [4.69, 9.17) is 18.5 Å². The summed E-state index contributed by atoms with van der Waals surface area (Å²) >= 11 is 0. The summed E-state index contributed by atoms with van der Waals surface area (Å²) in [5.74, 6) is -0.306. The Kier molecular flexibility index (Phi) is 52.5. The molecule has 1 N–H and O–H groups in total. The molecule has 0 heterocycles. The minimum absolute atomic E-state index is 0.0913. The number of nitrogens with zero attached hydrogens (tertiary/aromatic N) is 1. The SMILES string of the molecule is CCCCCCC/C=C\C/C=C\CCCCCCCCCCCCCCOCC(COP(=O)(O)OCC[N+](C)(C)C)OC(=O)CCCCCCCCCCCCCCCCCCCCCCCCC. The number of carbonyl (C=O) groups is 1. The van der Waals surface area contributed by atoms with E-state index in [9.17, 15) is 14.3 Å². The third kappa shape index (κ3) is 57.8. The Bertz CT molecular complexity index is 1160. The first kappa shape index (κ1) is 68.0. The van der Waals surface area contributed by atoms with Crippen molar-refractivity contribution in [2.24, 2.45) is 0 Å². The number of unbranched alkanes of at least 4 members (excludes halogenated alkanes) is 39. The lowest BCUT2D eigenvalue weighted by molar-refractivity contribution is -0.870.